The Hall–Kier alpha value is -1.58. The van der Waals surface area contributed by atoms with E-state index in [1.54, 1.807) is 0 Å². The van der Waals surface area contributed by atoms with Crippen LogP contribution in [0.5, 0.6) is 0 Å². The van der Waals surface area contributed by atoms with Gasteiger partial charge in [0, 0.05) is 24.3 Å². The van der Waals surface area contributed by atoms with E-state index < -0.39 is 0 Å². The average molecular weight is 277 g/mol. The second kappa shape index (κ2) is 6.04. The molecule has 0 unspecified atom stereocenters. The predicted octanol–water partition coefficient (Wildman–Crippen LogP) is 3.17. The number of aliphatic hydroxyl groups is 1. The Morgan fingerprint density at radius 3 is 2.47 bits per heavy atom. The minimum absolute atomic E-state index is 0.0329. The first-order valence-electron chi connectivity index (χ1n) is 6.12. The molecule has 0 spiro atoms. The Labute approximate surface area is 118 Å². The van der Waals surface area contributed by atoms with Crippen LogP contribution in [0.15, 0.2) is 36.4 Å². The first-order chi connectivity index (χ1) is 9.08. The molecule has 2 aromatic rings. The summed E-state index contributed by atoms with van der Waals surface area (Å²) in [5, 5.41) is 9.97. The molecule has 0 aliphatic carbocycles. The second-order valence-electron chi connectivity index (χ2n) is 4.62. The van der Waals surface area contributed by atoms with Gasteiger partial charge in [-0.25, -0.2) is 4.98 Å². The summed E-state index contributed by atoms with van der Waals surface area (Å²) in [6.45, 7) is 2.71. The molecule has 0 bridgehead atoms. The molecule has 2 rings (SSSR count). The third-order valence-corrected chi connectivity index (χ3v) is 3.16. The molecule has 0 saturated heterocycles. The van der Waals surface area contributed by atoms with Gasteiger partial charge in [-0.05, 0) is 42.3 Å². The van der Waals surface area contributed by atoms with Crippen molar-refractivity contribution < 1.29 is 5.11 Å². The number of benzene rings is 1. The minimum Gasteiger partial charge on any atom is -0.392 e. The zero-order chi connectivity index (χ0) is 13.8. The molecule has 0 aliphatic heterocycles. The first kappa shape index (κ1) is 13.8. The van der Waals surface area contributed by atoms with E-state index in [1.807, 2.05) is 50.4 Å². The maximum absolute atomic E-state index is 9.23. The zero-order valence-corrected chi connectivity index (χ0v) is 11.9. The number of aromatic nitrogens is 1. The Bertz CT molecular complexity index is 555. The Morgan fingerprint density at radius 1 is 1.16 bits per heavy atom. The molecule has 4 heteroatoms. The Balaban J connectivity index is 2.17. The maximum atomic E-state index is 9.23. The van der Waals surface area contributed by atoms with E-state index in [0.717, 1.165) is 28.6 Å². The third kappa shape index (κ3) is 3.69. The van der Waals surface area contributed by atoms with Gasteiger partial charge in [0.25, 0.3) is 0 Å². The van der Waals surface area contributed by atoms with Gasteiger partial charge in [0.15, 0.2) is 0 Å². The number of aliphatic hydroxyl groups excluding tert-OH is 1. The lowest BCUT2D eigenvalue weighted by Gasteiger charge is -2.19. The van der Waals surface area contributed by atoms with Gasteiger partial charge in [-0.15, -0.1) is 0 Å². The maximum Gasteiger partial charge on any atom is 0.129 e. The molecular weight excluding hydrogens is 260 g/mol. The summed E-state index contributed by atoms with van der Waals surface area (Å²) in [5.74, 6) is 0.860. The van der Waals surface area contributed by atoms with Gasteiger partial charge in [-0.2, -0.15) is 0 Å². The number of rotatable bonds is 4. The normalized spacial score (nSPS) is 10.5. The summed E-state index contributed by atoms with van der Waals surface area (Å²) >= 11 is 5.87. The highest BCUT2D eigenvalue weighted by molar-refractivity contribution is 6.30. The molecule has 3 nitrogen and oxygen atoms in total. The summed E-state index contributed by atoms with van der Waals surface area (Å²) in [4.78, 5) is 6.54. The van der Waals surface area contributed by atoms with Crippen molar-refractivity contribution in [2.45, 2.75) is 20.1 Å². The SMILES string of the molecule is Cc1cc(CO)cc(N(C)Cc2ccc(Cl)cc2)n1. The highest BCUT2D eigenvalue weighted by Crippen LogP contribution is 2.17. The van der Waals surface area contributed by atoms with Gasteiger partial charge in [0.05, 0.1) is 6.61 Å². The van der Waals surface area contributed by atoms with Crippen molar-refractivity contribution in [3.8, 4) is 0 Å². The van der Waals surface area contributed by atoms with Crippen LogP contribution in [0.4, 0.5) is 5.82 Å². The van der Waals surface area contributed by atoms with Crippen LogP contribution in [0.2, 0.25) is 5.02 Å². The first-order valence-corrected chi connectivity index (χ1v) is 6.50. The van der Waals surface area contributed by atoms with Gasteiger partial charge in [-0.3, -0.25) is 0 Å². The van der Waals surface area contributed by atoms with E-state index >= 15 is 0 Å². The van der Waals surface area contributed by atoms with Gasteiger partial charge in [0.2, 0.25) is 0 Å². The molecular formula is C15H17ClN2O. The molecule has 1 heterocycles. The monoisotopic (exact) mass is 276 g/mol. The molecule has 0 fully saturated rings. The quantitative estimate of drug-likeness (QED) is 0.932. The second-order valence-corrected chi connectivity index (χ2v) is 5.05. The van der Waals surface area contributed by atoms with Crippen molar-refractivity contribution in [1.82, 2.24) is 4.98 Å². The van der Waals surface area contributed by atoms with Gasteiger partial charge >= 0.3 is 0 Å². The molecule has 1 aromatic heterocycles. The lowest BCUT2D eigenvalue weighted by atomic mass is 10.2. The summed E-state index contributed by atoms with van der Waals surface area (Å²) < 4.78 is 0. The molecule has 0 saturated carbocycles. The van der Waals surface area contributed by atoms with Crippen molar-refractivity contribution in [3.05, 3.63) is 58.2 Å². The van der Waals surface area contributed by atoms with Crippen LogP contribution in [-0.2, 0) is 13.2 Å². The molecule has 0 amide bonds. The van der Waals surface area contributed by atoms with Crippen molar-refractivity contribution in [1.29, 1.82) is 0 Å². The average Bonchev–Trinajstić information content (AvgIpc) is 2.40. The summed E-state index contributed by atoms with van der Waals surface area (Å²) in [5.41, 5.74) is 2.95. The molecule has 1 aromatic carbocycles. The van der Waals surface area contributed by atoms with Crippen LogP contribution in [0.1, 0.15) is 16.8 Å². The fourth-order valence-corrected chi connectivity index (χ4v) is 2.08. The van der Waals surface area contributed by atoms with E-state index in [-0.39, 0.29) is 6.61 Å². The summed E-state index contributed by atoms with van der Waals surface area (Å²) in [6, 6.07) is 11.6. The fourth-order valence-electron chi connectivity index (χ4n) is 1.95. The number of aryl methyl sites for hydroxylation is 1. The Morgan fingerprint density at radius 2 is 1.84 bits per heavy atom. The molecule has 1 N–H and O–H groups in total. The molecule has 19 heavy (non-hydrogen) atoms. The van der Waals surface area contributed by atoms with Crippen LogP contribution in [0.3, 0.4) is 0 Å². The number of anilines is 1. The van der Waals surface area contributed by atoms with Gasteiger partial charge < -0.3 is 10.0 Å². The number of hydrogen-bond acceptors (Lipinski definition) is 3. The van der Waals surface area contributed by atoms with E-state index in [4.69, 9.17) is 11.6 Å². The van der Waals surface area contributed by atoms with Crippen molar-refractivity contribution >= 4 is 17.4 Å². The third-order valence-electron chi connectivity index (χ3n) is 2.91. The van der Waals surface area contributed by atoms with E-state index in [9.17, 15) is 5.11 Å². The van der Waals surface area contributed by atoms with E-state index in [1.165, 1.54) is 5.56 Å². The molecule has 0 aliphatic rings. The van der Waals surface area contributed by atoms with Crippen LogP contribution < -0.4 is 4.90 Å². The van der Waals surface area contributed by atoms with Crippen molar-refractivity contribution in [2.24, 2.45) is 0 Å². The lowest BCUT2D eigenvalue weighted by Crippen LogP contribution is -2.18. The van der Waals surface area contributed by atoms with E-state index in [2.05, 4.69) is 9.88 Å². The smallest absolute Gasteiger partial charge is 0.129 e. The van der Waals surface area contributed by atoms with Crippen molar-refractivity contribution in [3.63, 3.8) is 0 Å². The molecule has 100 valence electrons. The minimum atomic E-state index is 0.0329. The summed E-state index contributed by atoms with van der Waals surface area (Å²) in [7, 11) is 1.98. The number of nitrogens with zero attached hydrogens (tertiary/aromatic N) is 2. The summed E-state index contributed by atoms with van der Waals surface area (Å²) in [6.07, 6.45) is 0. The number of pyridine rings is 1. The largest absolute Gasteiger partial charge is 0.392 e. The topological polar surface area (TPSA) is 36.4 Å². The number of halogens is 1. The van der Waals surface area contributed by atoms with Crippen molar-refractivity contribution in [2.75, 3.05) is 11.9 Å². The van der Waals surface area contributed by atoms with E-state index in [0.29, 0.717) is 0 Å². The van der Waals surface area contributed by atoms with Crippen LogP contribution in [0.25, 0.3) is 0 Å². The fraction of sp³-hybridized carbons (Fsp3) is 0.267. The van der Waals surface area contributed by atoms with Crippen LogP contribution >= 0.6 is 11.6 Å². The standard InChI is InChI=1S/C15H17ClN2O/c1-11-7-13(10-19)8-15(17-11)18(2)9-12-3-5-14(16)6-4-12/h3-8,19H,9-10H2,1-2H3. The highest BCUT2D eigenvalue weighted by atomic mass is 35.5. The molecule has 0 atom stereocenters. The highest BCUT2D eigenvalue weighted by Gasteiger charge is 2.06. The lowest BCUT2D eigenvalue weighted by molar-refractivity contribution is 0.281. The van der Waals surface area contributed by atoms with Gasteiger partial charge in [0.1, 0.15) is 5.82 Å². The zero-order valence-electron chi connectivity index (χ0n) is 11.1. The van der Waals surface area contributed by atoms with Crippen LogP contribution in [0, 0.1) is 6.92 Å². The predicted molar refractivity (Wildman–Crippen MR) is 78.5 cm³/mol. The number of hydrogen-bond donors (Lipinski definition) is 1. The Kier molecular flexibility index (Phi) is 4.40. The van der Waals surface area contributed by atoms with Crippen LogP contribution in [-0.4, -0.2) is 17.1 Å². The molecule has 0 radical (unpaired) electrons. The van der Waals surface area contributed by atoms with Gasteiger partial charge in [-0.1, -0.05) is 23.7 Å².